The van der Waals surface area contributed by atoms with E-state index in [0.29, 0.717) is 24.1 Å². The molecule has 0 bridgehead atoms. The van der Waals surface area contributed by atoms with E-state index in [9.17, 15) is 9.18 Å². The molecule has 32 heavy (non-hydrogen) atoms. The van der Waals surface area contributed by atoms with Crippen LogP contribution in [0, 0.1) is 11.7 Å². The first-order valence-electron chi connectivity index (χ1n) is 11.5. The highest BCUT2D eigenvalue weighted by Gasteiger charge is 2.24. The minimum Gasteiger partial charge on any atom is -0.362 e. The molecule has 1 saturated carbocycles. The Morgan fingerprint density at radius 2 is 1.91 bits per heavy atom. The Morgan fingerprint density at radius 1 is 1.16 bits per heavy atom. The molecular formula is C24H31ClFN5O. The number of nitrogens with zero attached hydrogens (tertiary/aromatic N) is 3. The van der Waals surface area contributed by atoms with E-state index >= 15 is 0 Å². The summed E-state index contributed by atoms with van der Waals surface area (Å²) in [5, 5.41) is 6.49. The molecule has 2 aromatic rings. The summed E-state index contributed by atoms with van der Waals surface area (Å²) in [7, 11) is 4.08. The minimum atomic E-state index is -0.519. The van der Waals surface area contributed by atoms with E-state index < -0.39 is 5.82 Å². The van der Waals surface area contributed by atoms with Crippen molar-refractivity contribution in [3.63, 3.8) is 0 Å². The van der Waals surface area contributed by atoms with Gasteiger partial charge in [-0.1, -0.05) is 11.6 Å². The second-order valence-corrected chi connectivity index (χ2v) is 9.51. The van der Waals surface area contributed by atoms with Gasteiger partial charge in [-0.3, -0.25) is 4.79 Å². The van der Waals surface area contributed by atoms with Gasteiger partial charge in [-0.15, -0.1) is 0 Å². The van der Waals surface area contributed by atoms with Crippen molar-refractivity contribution in [3.8, 4) is 0 Å². The predicted molar refractivity (Wildman–Crippen MR) is 126 cm³/mol. The molecule has 1 heterocycles. The van der Waals surface area contributed by atoms with E-state index in [4.69, 9.17) is 21.6 Å². The van der Waals surface area contributed by atoms with Gasteiger partial charge in [-0.25, -0.2) is 9.37 Å². The van der Waals surface area contributed by atoms with Gasteiger partial charge < -0.3 is 15.5 Å². The van der Waals surface area contributed by atoms with E-state index in [0.717, 1.165) is 50.3 Å². The number of halogens is 2. The van der Waals surface area contributed by atoms with Crippen molar-refractivity contribution < 1.29 is 9.18 Å². The molecule has 8 heteroatoms. The normalized spacial score (nSPS) is 20.4. The summed E-state index contributed by atoms with van der Waals surface area (Å²) < 4.78 is 13.3. The maximum absolute atomic E-state index is 13.3. The summed E-state index contributed by atoms with van der Waals surface area (Å²) >= 11 is 5.78. The van der Waals surface area contributed by atoms with Crippen LogP contribution in [0.2, 0.25) is 5.02 Å². The van der Waals surface area contributed by atoms with Gasteiger partial charge in [0.15, 0.2) is 0 Å². The molecule has 1 aromatic carbocycles. The molecule has 0 atom stereocenters. The molecule has 1 fully saturated rings. The van der Waals surface area contributed by atoms with Crippen molar-refractivity contribution in [2.75, 3.05) is 30.9 Å². The monoisotopic (exact) mass is 459 g/mol. The molecule has 2 aliphatic rings. The highest BCUT2D eigenvalue weighted by molar-refractivity contribution is 6.31. The fraction of sp³-hybridized carbons (Fsp3) is 0.542. The van der Waals surface area contributed by atoms with Crippen molar-refractivity contribution in [2.45, 2.75) is 57.4 Å². The maximum Gasteiger partial charge on any atom is 0.251 e. The number of carbonyl (C=O) groups is 1. The number of hydrogen-bond acceptors (Lipinski definition) is 5. The molecule has 0 unspecified atom stereocenters. The Morgan fingerprint density at radius 3 is 2.62 bits per heavy atom. The third-order valence-corrected chi connectivity index (χ3v) is 6.79. The SMILES string of the molecule is CN(C)c1nc(NC2CCC(CNC(=O)c3ccc(F)c(Cl)c3)CC2)nc2c1CCCC2. The number of nitrogens with one attached hydrogen (secondary N) is 2. The lowest BCUT2D eigenvalue weighted by molar-refractivity contribution is 0.0943. The Labute approximate surface area is 194 Å². The summed E-state index contributed by atoms with van der Waals surface area (Å²) in [5.74, 6) is 1.46. The molecule has 1 aromatic heterocycles. The number of hydrogen-bond donors (Lipinski definition) is 2. The topological polar surface area (TPSA) is 70.2 Å². The van der Waals surface area contributed by atoms with Gasteiger partial charge in [-0.2, -0.15) is 4.98 Å². The zero-order valence-electron chi connectivity index (χ0n) is 18.8. The third-order valence-electron chi connectivity index (χ3n) is 6.50. The van der Waals surface area contributed by atoms with Gasteiger partial charge in [-0.05, 0) is 75.5 Å². The average molecular weight is 460 g/mol. The summed E-state index contributed by atoms with van der Waals surface area (Å²) in [5.41, 5.74) is 2.87. The highest BCUT2D eigenvalue weighted by atomic mass is 35.5. The van der Waals surface area contributed by atoms with Crippen LogP contribution in [-0.2, 0) is 12.8 Å². The van der Waals surface area contributed by atoms with Gasteiger partial charge in [0.05, 0.1) is 10.7 Å². The van der Waals surface area contributed by atoms with Crippen LogP contribution in [0.5, 0.6) is 0 Å². The van der Waals surface area contributed by atoms with Crippen LogP contribution < -0.4 is 15.5 Å². The molecule has 6 nitrogen and oxygen atoms in total. The number of carbonyl (C=O) groups excluding carboxylic acids is 1. The van der Waals surface area contributed by atoms with Gasteiger partial charge in [0, 0.05) is 37.8 Å². The maximum atomic E-state index is 13.3. The van der Waals surface area contributed by atoms with E-state index in [2.05, 4.69) is 15.5 Å². The number of aryl methyl sites for hydroxylation is 1. The molecule has 0 radical (unpaired) electrons. The summed E-state index contributed by atoms with van der Waals surface area (Å²) in [6, 6.07) is 4.39. The molecule has 1 amide bonds. The first kappa shape index (κ1) is 22.8. The standard InChI is InChI=1S/C24H31ClFN5O/c1-31(2)22-18-5-3-4-6-21(18)29-24(30-22)28-17-10-7-15(8-11-17)14-27-23(32)16-9-12-20(26)19(25)13-16/h9,12-13,15,17H,3-8,10-11,14H2,1-2H3,(H,27,32)(H,28,29,30). The number of anilines is 2. The fourth-order valence-electron chi connectivity index (χ4n) is 4.68. The zero-order valence-corrected chi connectivity index (χ0v) is 19.5. The Hall–Kier alpha value is -2.41. The fourth-order valence-corrected chi connectivity index (χ4v) is 4.86. The van der Waals surface area contributed by atoms with Crippen molar-refractivity contribution in [2.24, 2.45) is 5.92 Å². The lowest BCUT2D eigenvalue weighted by Crippen LogP contribution is -2.34. The van der Waals surface area contributed by atoms with Crippen molar-refractivity contribution in [1.29, 1.82) is 0 Å². The minimum absolute atomic E-state index is 0.0361. The first-order valence-corrected chi connectivity index (χ1v) is 11.9. The molecule has 2 N–H and O–H groups in total. The number of fused-ring (bicyclic) bond motifs is 1. The van der Waals surface area contributed by atoms with Crippen molar-refractivity contribution in [1.82, 2.24) is 15.3 Å². The van der Waals surface area contributed by atoms with Gasteiger partial charge in [0.2, 0.25) is 5.95 Å². The largest absolute Gasteiger partial charge is 0.362 e. The van der Waals surface area contributed by atoms with Gasteiger partial charge >= 0.3 is 0 Å². The van der Waals surface area contributed by atoms with Crippen LogP contribution in [0.15, 0.2) is 18.2 Å². The van der Waals surface area contributed by atoms with E-state index in [1.165, 1.54) is 42.3 Å². The zero-order chi connectivity index (χ0) is 22.7. The van der Waals surface area contributed by atoms with E-state index in [1.54, 1.807) is 0 Å². The lowest BCUT2D eigenvalue weighted by Gasteiger charge is -2.30. The average Bonchev–Trinajstić information content (AvgIpc) is 2.79. The molecule has 0 aliphatic heterocycles. The van der Waals surface area contributed by atoms with Gasteiger partial charge in [0.25, 0.3) is 5.91 Å². The van der Waals surface area contributed by atoms with Crippen LogP contribution >= 0.6 is 11.6 Å². The Balaban J connectivity index is 1.29. The summed E-state index contributed by atoms with van der Waals surface area (Å²) in [6.45, 7) is 0.612. The Kier molecular flexibility index (Phi) is 7.13. The molecular weight excluding hydrogens is 429 g/mol. The van der Waals surface area contributed by atoms with Crippen LogP contribution in [0.25, 0.3) is 0 Å². The summed E-state index contributed by atoms with van der Waals surface area (Å²) in [4.78, 5) is 24.1. The summed E-state index contributed by atoms with van der Waals surface area (Å²) in [6.07, 6.45) is 8.56. The quantitative estimate of drug-likeness (QED) is 0.659. The predicted octanol–water partition coefficient (Wildman–Crippen LogP) is 4.61. The second kappa shape index (κ2) is 10.0. The highest BCUT2D eigenvalue weighted by Crippen LogP contribution is 2.30. The Bertz CT molecular complexity index is 975. The molecule has 2 aliphatic carbocycles. The van der Waals surface area contributed by atoms with Crippen LogP contribution in [0.1, 0.15) is 60.1 Å². The molecule has 0 spiro atoms. The second-order valence-electron chi connectivity index (χ2n) is 9.10. The van der Waals surface area contributed by atoms with Crippen LogP contribution in [0.3, 0.4) is 0 Å². The van der Waals surface area contributed by atoms with Crippen LogP contribution in [0.4, 0.5) is 16.2 Å². The number of rotatable bonds is 6. The first-order chi connectivity index (χ1) is 15.4. The van der Waals surface area contributed by atoms with Crippen molar-refractivity contribution >= 4 is 29.3 Å². The number of aromatic nitrogens is 2. The number of benzene rings is 1. The van der Waals surface area contributed by atoms with E-state index in [1.807, 2.05) is 14.1 Å². The molecule has 0 saturated heterocycles. The van der Waals surface area contributed by atoms with E-state index in [-0.39, 0.29) is 10.9 Å². The van der Waals surface area contributed by atoms with Crippen molar-refractivity contribution in [3.05, 3.63) is 45.9 Å². The third kappa shape index (κ3) is 5.31. The molecule has 172 valence electrons. The lowest BCUT2D eigenvalue weighted by atomic mass is 9.86. The van der Waals surface area contributed by atoms with Gasteiger partial charge in [0.1, 0.15) is 11.6 Å². The van der Waals surface area contributed by atoms with Crippen LogP contribution in [-0.4, -0.2) is 42.6 Å². The smallest absolute Gasteiger partial charge is 0.251 e. The number of amides is 1. The molecule has 4 rings (SSSR count).